The van der Waals surface area contributed by atoms with Crippen LogP contribution in [0.25, 0.3) is 0 Å². The maximum atomic E-state index is 3.59. The number of halogens is 1. The normalized spacial score (nSPS) is 20.4. The quantitative estimate of drug-likeness (QED) is 0.854. The van der Waals surface area contributed by atoms with E-state index >= 15 is 0 Å². The Labute approximate surface area is 113 Å². The second kappa shape index (κ2) is 4.99. The van der Waals surface area contributed by atoms with Gasteiger partial charge in [0.1, 0.15) is 0 Å². The molecule has 1 aliphatic rings. The number of nitrogens with one attached hydrogen (secondary N) is 1. The van der Waals surface area contributed by atoms with Gasteiger partial charge in [-0.25, -0.2) is 0 Å². The van der Waals surface area contributed by atoms with Crippen LogP contribution >= 0.6 is 15.9 Å². The summed E-state index contributed by atoms with van der Waals surface area (Å²) >= 11 is 3.59. The number of anilines is 1. The van der Waals surface area contributed by atoms with Crippen LogP contribution in [0.3, 0.4) is 0 Å². The van der Waals surface area contributed by atoms with Crippen LogP contribution in [0.15, 0.2) is 16.6 Å². The van der Waals surface area contributed by atoms with Crippen molar-refractivity contribution in [3.05, 3.63) is 27.7 Å². The molecule has 0 fully saturated rings. The van der Waals surface area contributed by atoms with Crippen LogP contribution in [0, 0.1) is 6.92 Å². The fourth-order valence-corrected chi connectivity index (χ4v) is 3.17. The van der Waals surface area contributed by atoms with Gasteiger partial charge >= 0.3 is 0 Å². The average Bonchev–Trinajstić information content (AvgIpc) is 2.38. The molecule has 1 aromatic rings. The molecule has 1 heterocycles. The number of aryl methyl sites for hydroxylation is 1. The molecule has 2 nitrogen and oxygen atoms in total. The first-order chi connectivity index (χ1) is 7.99. The van der Waals surface area contributed by atoms with Crippen LogP contribution in [0.2, 0.25) is 0 Å². The zero-order chi connectivity index (χ0) is 12.6. The topological polar surface area (TPSA) is 15.3 Å². The van der Waals surface area contributed by atoms with Gasteiger partial charge in [-0.2, -0.15) is 0 Å². The molecule has 0 aromatic heterocycles. The lowest BCUT2D eigenvalue weighted by Crippen LogP contribution is -2.40. The summed E-state index contributed by atoms with van der Waals surface area (Å²) < 4.78 is 1.17. The molecular weight excluding hydrogens is 276 g/mol. The Morgan fingerprint density at radius 3 is 2.76 bits per heavy atom. The van der Waals surface area contributed by atoms with Crippen molar-refractivity contribution >= 4 is 21.6 Å². The second-order valence-corrected chi connectivity index (χ2v) is 6.17. The molecule has 1 aliphatic heterocycles. The molecule has 0 radical (unpaired) electrons. The molecule has 2 rings (SSSR count). The average molecular weight is 297 g/mol. The molecule has 0 saturated heterocycles. The lowest BCUT2D eigenvalue weighted by atomic mass is 10.1. The predicted molar refractivity (Wildman–Crippen MR) is 77.7 cm³/mol. The van der Waals surface area contributed by atoms with E-state index in [2.05, 4.69) is 66.0 Å². The number of hydrogen-bond acceptors (Lipinski definition) is 2. The van der Waals surface area contributed by atoms with E-state index in [1.165, 1.54) is 21.3 Å². The molecule has 3 heteroatoms. The highest BCUT2D eigenvalue weighted by Gasteiger charge is 2.22. The van der Waals surface area contributed by atoms with Gasteiger partial charge in [0.15, 0.2) is 0 Å². The van der Waals surface area contributed by atoms with Gasteiger partial charge in [-0.1, -0.05) is 15.9 Å². The molecule has 0 saturated carbocycles. The highest BCUT2D eigenvalue weighted by molar-refractivity contribution is 9.10. The number of benzene rings is 1. The van der Waals surface area contributed by atoms with Crippen molar-refractivity contribution in [3.63, 3.8) is 0 Å². The van der Waals surface area contributed by atoms with Gasteiger partial charge in [-0.3, -0.25) is 0 Å². The first-order valence-corrected chi connectivity index (χ1v) is 7.07. The summed E-state index contributed by atoms with van der Waals surface area (Å²) in [5.41, 5.74) is 4.17. The minimum atomic E-state index is 0.531. The Morgan fingerprint density at radius 2 is 2.12 bits per heavy atom. The van der Waals surface area contributed by atoms with Crippen molar-refractivity contribution in [2.75, 3.05) is 11.4 Å². The highest BCUT2D eigenvalue weighted by atomic mass is 79.9. The molecule has 0 amide bonds. The molecule has 0 spiro atoms. The number of nitrogens with zero attached hydrogens (tertiary/aromatic N) is 1. The van der Waals surface area contributed by atoms with Gasteiger partial charge in [-0.15, -0.1) is 0 Å². The lowest BCUT2D eigenvalue weighted by Gasteiger charge is -2.32. The summed E-state index contributed by atoms with van der Waals surface area (Å²) in [6.07, 6.45) is 0. The monoisotopic (exact) mass is 296 g/mol. The van der Waals surface area contributed by atoms with Gasteiger partial charge in [0.25, 0.3) is 0 Å². The molecule has 0 bridgehead atoms. The van der Waals surface area contributed by atoms with Gasteiger partial charge in [0.2, 0.25) is 0 Å². The third-order valence-electron chi connectivity index (χ3n) is 3.37. The Bertz CT molecular complexity index is 415. The second-order valence-electron chi connectivity index (χ2n) is 5.26. The van der Waals surface area contributed by atoms with E-state index in [-0.39, 0.29) is 0 Å². The zero-order valence-corrected chi connectivity index (χ0v) is 12.6. The van der Waals surface area contributed by atoms with Crippen molar-refractivity contribution in [1.82, 2.24) is 5.32 Å². The van der Waals surface area contributed by atoms with Gasteiger partial charge in [0.05, 0.1) is 0 Å². The summed E-state index contributed by atoms with van der Waals surface area (Å²) in [7, 11) is 0. The first kappa shape index (κ1) is 12.9. The maximum absolute atomic E-state index is 3.59. The van der Waals surface area contributed by atoms with Crippen LogP contribution in [-0.2, 0) is 6.54 Å². The highest BCUT2D eigenvalue weighted by Crippen LogP contribution is 2.32. The molecular formula is C14H21BrN2. The largest absolute Gasteiger partial charge is 0.367 e. The van der Waals surface area contributed by atoms with Crippen LogP contribution in [0.1, 0.15) is 31.9 Å². The molecule has 1 aromatic carbocycles. The molecule has 0 aliphatic carbocycles. The van der Waals surface area contributed by atoms with E-state index in [9.17, 15) is 0 Å². The maximum Gasteiger partial charge on any atom is 0.0445 e. The Balaban J connectivity index is 2.51. The summed E-state index contributed by atoms with van der Waals surface area (Å²) in [4.78, 5) is 2.52. The van der Waals surface area contributed by atoms with E-state index in [0.717, 1.165) is 13.1 Å². The number of fused-ring (bicyclic) bond motifs is 1. The van der Waals surface area contributed by atoms with E-state index in [4.69, 9.17) is 0 Å². The molecule has 1 unspecified atom stereocenters. The Kier molecular flexibility index (Phi) is 3.79. The Hall–Kier alpha value is -0.540. The lowest BCUT2D eigenvalue weighted by molar-refractivity contribution is 0.536. The SMILES string of the molecule is Cc1cc(Br)cc2c1N(C(C)C)CC(C)NC2. The molecule has 1 atom stereocenters. The summed E-state index contributed by atoms with van der Waals surface area (Å²) in [6, 6.07) is 5.52. The van der Waals surface area contributed by atoms with Gasteiger partial charge in [-0.05, 0) is 51.0 Å². The summed E-state index contributed by atoms with van der Waals surface area (Å²) in [6.45, 7) is 11.0. The zero-order valence-electron chi connectivity index (χ0n) is 11.0. The van der Waals surface area contributed by atoms with E-state index in [0.29, 0.717) is 12.1 Å². The fraction of sp³-hybridized carbons (Fsp3) is 0.571. The number of hydrogen-bond donors (Lipinski definition) is 1. The van der Waals surface area contributed by atoms with Crippen molar-refractivity contribution in [2.24, 2.45) is 0 Å². The number of rotatable bonds is 1. The smallest absolute Gasteiger partial charge is 0.0445 e. The standard InChI is InChI=1S/C14H21BrN2/c1-9(2)17-8-11(4)16-7-12-6-13(15)5-10(3)14(12)17/h5-6,9,11,16H,7-8H2,1-4H3. The molecule has 17 heavy (non-hydrogen) atoms. The van der Waals surface area contributed by atoms with E-state index < -0.39 is 0 Å². The van der Waals surface area contributed by atoms with Crippen LogP contribution in [0.5, 0.6) is 0 Å². The van der Waals surface area contributed by atoms with E-state index in [1.807, 2.05) is 0 Å². The van der Waals surface area contributed by atoms with Crippen LogP contribution in [-0.4, -0.2) is 18.6 Å². The van der Waals surface area contributed by atoms with Crippen molar-refractivity contribution in [1.29, 1.82) is 0 Å². The molecule has 1 N–H and O–H groups in total. The van der Waals surface area contributed by atoms with Crippen LogP contribution < -0.4 is 10.2 Å². The minimum Gasteiger partial charge on any atom is -0.367 e. The summed E-state index contributed by atoms with van der Waals surface area (Å²) in [5.74, 6) is 0. The van der Waals surface area contributed by atoms with Gasteiger partial charge in [0, 0.05) is 35.3 Å². The van der Waals surface area contributed by atoms with Crippen LogP contribution in [0.4, 0.5) is 5.69 Å². The first-order valence-electron chi connectivity index (χ1n) is 6.28. The molecule has 94 valence electrons. The minimum absolute atomic E-state index is 0.531. The fourth-order valence-electron chi connectivity index (χ4n) is 2.55. The Morgan fingerprint density at radius 1 is 1.41 bits per heavy atom. The van der Waals surface area contributed by atoms with E-state index in [1.54, 1.807) is 0 Å². The van der Waals surface area contributed by atoms with Crippen molar-refractivity contribution in [2.45, 2.75) is 46.3 Å². The van der Waals surface area contributed by atoms with Crippen molar-refractivity contribution < 1.29 is 0 Å². The third-order valence-corrected chi connectivity index (χ3v) is 3.82. The van der Waals surface area contributed by atoms with Gasteiger partial charge < -0.3 is 10.2 Å². The van der Waals surface area contributed by atoms with Crippen molar-refractivity contribution in [3.8, 4) is 0 Å². The predicted octanol–water partition coefficient (Wildman–Crippen LogP) is 3.46. The third kappa shape index (κ3) is 2.66. The summed E-state index contributed by atoms with van der Waals surface area (Å²) in [5, 5.41) is 3.58.